The minimum Gasteiger partial charge on any atom is -0.311 e. The van der Waals surface area contributed by atoms with E-state index in [-0.39, 0.29) is 28.4 Å². The summed E-state index contributed by atoms with van der Waals surface area (Å²) in [5.74, 6) is 0. The maximum absolute atomic E-state index is 2.61. The normalized spacial score (nSPS) is 14.0. The predicted molar refractivity (Wildman–Crippen MR) is 263 cm³/mol. The molecule has 0 saturated heterocycles. The Kier molecular flexibility index (Phi) is 9.14. The van der Waals surface area contributed by atoms with Gasteiger partial charge in [-0.05, 0) is 144 Å². The van der Waals surface area contributed by atoms with Gasteiger partial charge in [0.2, 0.25) is 0 Å². The van der Waals surface area contributed by atoms with E-state index in [0.29, 0.717) is 0 Å². The number of nitrogens with zero attached hydrogens (tertiary/aromatic N) is 2. The Balaban J connectivity index is 1.39. The molecule has 0 amide bonds. The predicted octanol–water partition coefficient (Wildman–Crippen LogP) is 14.1. The van der Waals surface area contributed by atoms with Crippen molar-refractivity contribution in [3.05, 3.63) is 161 Å². The zero-order valence-corrected chi connectivity index (χ0v) is 38.2. The number of rotatable bonds is 3. The second kappa shape index (κ2) is 13.7. The highest BCUT2D eigenvalue weighted by molar-refractivity contribution is 7.00. The first-order valence-corrected chi connectivity index (χ1v) is 22.0. The summed E-state index contributed by atoms with van der Waals surface area (Å²) >= 11 is 0. The Morgan fingerprint density at radius 1 is 0.383 bits per heavy atom. The van der Waals surface area contributed by atoms with Crippen LogP contribution in [0.4, 0.5) is 34.1 Å². The first kappa shape index (κ1) is 39.9. The van der Waals surface area contributed by atoms with Gasteiger partial charge >= 0.3 is 0 Å². The Labute approximate surface area is 360 Å². The monoisotopic (exact) mass is 784 g/mol. The standard InChI is InChI=1S/C57H61BN2/c1-36-30-51-53-52(31-36)60(48-27-22-41(55(5,6)7)33-45(48)39-19-18-37-16-14-15-17-38(37)32-39)50-29-24-43(57(11,12)13)35-47(50)58(53)46-34-42(56(8,9)10)23-28-49(46)59(51)44-25-20-40(21-26-44)54(2,3)4/h14-35H,1-13H3. The molecule has 60 heavy (non-hydrogen) atoms. The second-order valence-corrected chi connectivity index (χ2v) is 21.7. The van der Waals surface area contributed by atoms with E-state index in [1.54, 1.807) is 0 Å². The Morgan fingerprint density at radius 3 is 1.40 bits per heavy atom. The molecular formula is C57H61BN2. The summed E-state index contributed by atoms with van der Waals surface area (Å²) < 4.78 is 0. The highest BCUT2D eigenvalue weighted by Gasteiger charge is 2.44. The summed E-state index contributed by atoms with van der Waals surface area (Å²) in [6.45, 7) is 30.2. The maximum Gasteiger partial charge on any atom is 0.252 e. The fourth-order valence-corrected chi connectivity index (χ4v) is 9.51. The van der Waals surface area contributed by atoms with Crippen LogP contribution in [0.1, 0.15) is 111 Å². The number of benzene rings is 7. The van der Waals surface area contributed by atoms with Crippen LogP contribution in [0.15, 0.2) is 133 Å². The van der Waals surface area contributed by atoms with Crippen LogP contribution < -0.4 is 26.2 Å². The fourth-order valence-electron chi connectivity index (χ4n) is 9.51. The molecular weight excluding hydrogens is 723 g/mol. The highest BCUT2D eigenvalue weighted by Crippen LogP contribution is 2.48. The summed E-state index contributed by atoms with van der Waals surface area (Å²) in [6.07, 6.45) is 0. The van der Waals surface area contributed by atoms with Crippen LogP contribution in [0, 0.1) is 6.92 Å². The van der Waals surface area contributed by atoms with Crippen LogP contribution in [0.3, 0.4) is 0 Å². The summed E-state index contributed by atoms with van der Waals surface area (Å²) in [5.41, 5.74) is 20.6. The van der Waals surface area contributed by atoms with Crippen molar-refractivity contribution in [1.82, 2.24) is 0 Å². The van der Waals surface area contributed by atoms with Crippen LogP contribution in [0.2, 0.25) is 0 Å². The summed E-state index contributed by atoms with van der Waals surface area (Å²) in [5, 5.41) is 2.51. The lowest BCUT2D eigenvalue weighted by molar-refractivity contribution is 0.590. The van der Waals surface area contributed by atoms with E-state index < -0.39 is 0 Å². The van der Waals surface area contributed by atoms with Gasteiger partial charge in [-0.15, -0.1) is 0 Å². The van der Waals surface area contributed by atoms with Gasteiger partial charge in [0.05, 0.1) is 5.69 Å². The van der Waals surface area contributed by atoms with E-state index >= 15 is 0 Å². The third kappa shape index (κ3) is 6.75. The lowest BCUT2D eigenvalue weighted by Crippen LogP contribution is -2.61. The lowest BCUT2D eigenvalue weighted by atomic mass is 9.33. The average molecular weight is 785 g/mol. The van der Waals surface area contributed by atoms with Gasteiger partial charge in [0.15, 0.2) is 0 Å². The molecule has 0 spiro atoms. The van der Waals surface area contributed by atoms with E-state index in [9.17, 15) is 0 Å². The van der Waals surface area contributed by atoms with Gasteiger partial charge in [-0.25, -0.2) is 0 Å². The van der Waals surface area contributed by atoms with Crippen LogP contribution in [0.25, 0.3) is 21.9 Å². The van der Waals surface area contributed by atoms with Crippen LogP contribution in [-0.2, 0) is 21.7 Å². The molecule has 0 N–H and O–H groups in total. The molecule has 2 aliphatic rings. The Bertz CT molecular complexity index is 2820. The summed E-state index contributed by atoms with van der Waals surface area (Å²) in [4.78, 5) is 5.17. The molecule has 302 valence electrons. The van der Waals surface area contributed by atoms with Gasteiger partial charge in [-0.2, -0.15) is 0 Å². The van der Waals surface area contributed by atoms with Crippen molar-refractivity contribution in [1.29, 1.82) is 0 Å². The van der Waals surface area contributed by atoms with E-state index in [2.05, 4.69) is 233 Å². The Hall–Kier alpha value is -5.54. The van der Waals surface area contributed by atoms with Gasteiger partial charge in [0, 0.05) is 34.0 Å². The number of hydrogen-bond donors (Lipinski definition) is 0. The molecule has 0 saturated carbocycles. The molecule has 7 aromatic carbocycles. The van der Waals surface area contributed by atoms with Gasteiger partial charge in [0.25, 0.3) is 6.71 Å². The average Bonchev–Trinajstić information content (AvgIpc) is 3.18. The molecule has 0 bridgehead atoms. The molecule has 7 aromatic rings. The number of aryl methyl sites for hydroxylation is 1. The van der Waals surface area contributed by atoms with Crippen molar-refractivity contribution in [2.75, 3.05) is 9.80 Å². The zero-order chi connectivity index (χ0) is 42.7. The van der Waals surface area contributed by atoms with E-state index in [1.165, 1.54) is 100 Å². The van der Waals surface area contributed by atoms with Gasteiger partial charge in [0.1, 0.15) is 0 Å². The molecule has 2 nitrogen and oxygen atoms in total. The lowest BCUT2D eigenvalue weighted by Gasteiger charge is -2.45. The van der Waals surface area contributed by atoms with E-state index in [0.717, 1.165) is 0 Å². The zero-order valence-electron chi connectivity index (χ0n) is 38.2. The smallest absolute Gasteiger partial charge is 0.252 e. The van der Waals surface area contributed by atoms with Crippen molar-refractivity contribution in [2.24, 2.45) is 0 Å². The van der Waals surface area contributed by atoms with Crippen LogP contribution in [-0.4, -0.2) is 6.71 Å². The number of hydrogen-bond acceptors (Lipinski definition) is 2. The maximum atomic E-state index is 2.61. The molecule has 0 fully saturated rings. The van der Waals surface area contributed by atoms with Gasteiger partial charge in [-0.3, -0.25) is 0 Å². The Morgan fingerprint density at radius 2 is 0.850 bits per heavy atom. The molecule has 0 aliphatic carbocycles. The third-order valence-corrected chi connectivity index (χ3v) is 13.1. The van der Waals surface area contributed by atoms with E-state index in [1.807, 2.05) is 0 Å². The first-order valence-electron chi connectivity index (χ1n) is 22.0. The molecule has 2 aliphatic heterocycles. The van der Waals surface area contributed by atoms with Crippen molar-refractivity contribution < 1.29 is 0 Å². The van der Waals surface area contributed by atoms with Crippen molar-refractivity contribution >= 4 is 68.0 Å². The quantitative estimate of drug-likeness (QED) is 0.165. The minimum absolute atomic E-state index is 0.00898. The molecule has 0 radical (unpaired) electrons. The van der Waals surface area contributed by atoms with Crippen molar-refractivity contribution in [3.63, 3.8) is 0 Å². The largest absolute Gasteiger partial charge is 0.311 e. The van der Waals surface area contributed by atoms with Gasteiger partial charge < -0.3 is 9.80 Å². The minimum atomic E-state index is -0.0214. The third-order valence-electron chi connectivity index (χ3n) is 13.1. The van der Waals surface area contributed by atoms with Crippen LogP contribution in [0.5, 0.6) is 0 Å². The molecule has 3 heteroatoms. The van der Waals surface area contributed by atoms with Gasteiger partial charge in [-0.1, -0.05) is 162 Å². The second-order valence-electron chi connectivity index (χ2n) is 21.7. The van der Waals surface area contributed by atoms with Crippen LogP contribution >= 0.6 is 0 Å². The molecule has 0 aromatic heterocycles. The topological polar surface area (TPSA) is 6.48 Å². The van der Waals surface area contributed by atoms with E-state index in [4.69, 9.17) is 0 Å². The number of fused-ring (bicyclic) bond motifs is 5. The molecule has 0 unspecified atom stereocenters. The fraction of sp³-hybridized carbons (Fsp3) is 0.298. The molecule has 9 rings (SSSR count). The first-order chi connectivity index (χ1) is 28.2. The highest BCUT2D eigenvalue weighted by atomic mass is 15.2. The van der Waals surface area contributed by atoms with Crippen molar-refractivity contribution in [2.45, 2.75) is 112 Å². The van der Waals surface area contributed by atoms with Crippen molar-refractivity contribution in [3.8, 4) is 11.1 Å². The molecule has 0 atom stereocenters. The summed E-state index contributed by atoms with van der Waals surface area (Å²) in [7, 11) is 0. The SMILES string of the molecule is Cc1cc2c3c(c1)N(c1ccc(C(C)(C)C)cc1-c1ccc4ccccc4c1)c1ccc(C(C)(C)C)cc1B3c1cc(C(C)(C)C)ccc1N2c1ccc(C(C)(C)C)cc1. The number of anilines is 6. The summed E-state index contributed by atoms with van der Waals surface area (Å²) in [6, 6.07) is 51.8. The molecule has 2 heterocycles.